The van der Waals surface area contributed by atoms with Gasteiger partial charge in [-0.15, -0.1) is 0 Å². The molecule has 142 valence electrons. The molecule has 1 nitrogen and oxygen atoms in total. The third-order valence-corrected chi connectivity index (χ3v) is 6.85. The number of hydrogen-bond acceptors (Lipinski definition) is 1. The lowest BCUT2D eigenvalue weighted by molar-refractivity contribution is 0.484. The first-order valence-electron chi connectivity index (χ1n) is 9.97. The topological polar surface area (TPSA) is 20.2 Å². The molecular formula is C28H17BrO. The van der Waals surface area contributed by atoms with Crippen molar-refractivity contribution in [1.82, 2.24) is 0 Å². The molecule has 1 N–H and O–H groups in total. The molecule has 0 heterocycles. The number of hydrogen-bond donors (Lipinski definition) is 1. The van der Waals surface area contributed by atoms with E-state index in [-0.39, 0.29) is 0 Å². The summed E-state index contributed by atoms with van der Waals surface area (Å²) in [5.41, 5.74) is 1.90. The summed E-state index contributed by atoms with van der Waals surface area (Å²) in [4.78, 5) is 0. The van der Waals surface area contributed by atoms with Gasteiger partial charge >= 0.3 is 0 Å². The molecule has 0 bridgehead atoms. The number of phenols is 1. The number of aromatic hydroxyl groups is 1. The van der Waals surface area contributed by atoms with Crippen LogP contribution < -0.4 is 0 Å². The van der Waals surface area contributed by atoms with Crippen LogP contribution in [0, 0.1) is 0 Å². The molecule has 6 aromatic carbocycles. The maximum Gasteiger partial charge on any atom is 0.131 e. The minimum atomic E-state index is 0.324. The number of fused-ring (bicyclic) bond motifs is 6. The number of rotatable bonds is 1. The molecule has 0 saturated carbocycles. The quantitative estimate of drug-likeness (QED) is 0.250. The number of phenolic OH excluding ortho intramolecular Hbond substituents is 1. The molecule has 0 aromatic heterocycles. The molecule has 0 amide bonds. The van der Waals surface area contributed by atoms with Gasteiger partial charge in [-0.1, -0.05) is 97.1 Å². The summed E-state index contributed by atoms with van der Waals surface area (Å²) in [7, 11) is 0. The van der Waals surface area contributed by atoms with E-state index in [1.165, 1.54) is 10.8 Å². The second-order valence-electron chi connectivity index (χ2n) is 7.59. The Morgan fingerprint density at radius 2 is 0.733 bits per heavy atom. The van der Waals surface area contributed by atoms with Crippen LogP contribution in [0.2, 0.25) is 0 Å². The van der Waals surface area contributed by atoms with E-state index >= 15 is 0 Å². The van der Waals surface area contributed by atoms with E-state index in [4.69, 9.17) is 0 Å². The highest BCUT2D eigenvalue weighted by Crippen LogP contribution is 2.49. The van der Waals surface area contributed by atoms with Gasteiger partial charge in [0.25, 0.3) is 0 Å². The van der Waals surface area contributed by atoms with Gasteiger partial charge in [0.1, 0.15) is 5.75 Å². The van der Waals surface area contributed by atoms with E-state index in [0.29, 0.717) is 5.75 Å². The molecule has 6 aromatic rings. The van der Waals surface area contributed by atoms with E-state index in [1.807, 2.05) is 24.3 Å². The normalized spacial score (nSPS) is 11.6. The van der Waals surface area contributed by atoms with Gasteiger partial charge < -0.3 is 5.11 Å². The second kappa shape index (κ2) is 6.58. The zero-order valence-electron chi connectivity index (χ0n) is 16.1. The van der Waals surface area contributed by atoms with Gasteiger partial charge in [0.15, 0.2) is 0 Å². The highest BCUT2D eigenvalue weighted by molar-refractivity contribution is 9.10. The highest BCUT2D eigenvalue weighted by Gasteiger charge is 2.21. The standard InChI is InChI=1S/C28H17BrO/c29-27-23-15-7-3-11-19(23)17-9-1-5-13-21(17)25(27)26-22-14-6-2-10-18(22)20-12-4-8-16-24(20)28(26)30/h1-16,30H. The molecule has 0 aliphatic rings. The van der Waals surface area contributed by atoms with Gasteiger partial charge in [-0.05, 0) is 53.6 Å². The first-order valence-corrected chi connectivity index (χ1v) is 10.8. The van der Waals surface area contributed by atoms with E-state index in [9.17, 15) is 5.11 Å². The summed E-state index contributed by atoms with van der Waals surface area (Å²) in [5.74, 6) is 0.324. The lowest BCUT2D eigenvalue weighted by Gasteiger charge is -2.19. The molecule has 0 aliphatic heterocycles. The summed E-state index contributed by atoms with van der Waals surface area (Å²) in [6, 6.07) is 33.3. The predicted molar refractivity (Wildman–Crippen MR) is 131 cm³/mol. The summed E-state index contributed by atoms with van der Waals surface area (Å²) in [6.07, 6.45) is 0. The third-order valence-electron chi connectivity index (χ3n) is 6.03. The molecule has 0 unspecified atom stereocenters. The predicted octanol–water partition coefficient (Wildman–Crippen LogP) is 8.43. The zero-order chi connectivity index (χ0) is 20.2. The van der Waals surface area contributed by atoms with Crippen LogP contribution in [0.4, 0.5) is 0 Å². The summed E-state index contributed by atoms with van der Waals surface area (Å²) < 4.78 is 1.01. The van der Waals surface area contributed by atoms with E-state index in [0.717, 1.165) is 47.9 Å². The average Bonchev–Trinajstić information content (AvgIpc) is 2.81. The van der Waals surface area contributed by atoms with Gasteiger partial charge in [-0.25, -0.2) is 0 Å². The van der Waals surface area contributed by atoms with Crippen molar-refractivity contribution in [2.75, 3.05) is 0 Å². The average molecular weight is 449 g/mol. The van der Waals surface area contributed by atoms with E-state index in [1.54, 1.807) is 0 Å². The Morgan fingerprint density at radius 1 is 0.400 bits per heavy atom. The van der Waals surface area contributed by atoms with Gasteiger partial charge in [0.2, 0.25) is 0 Å². The Morgan fingerprint density at radius 3 is 1.27 bits per heavy atom. The first-order chi connectivity index (χ1) is 14.8. The Kier molecular flexibility index (Phi) is 3.84. The Labute approximate surface area is 182 Å². The fourth-order valence-corrected chi connectivity index (χ4v) is 5.48. The van der Waals surface area contributed by atoms with Gasteiger partial charge in [0, 0.05) is 21.0 Å². The third kappa shape index (κ3) is 2.34. The fourth-order valence-electron chi connectivity index (χ4n) is 4.72. The van der Waals surface area contributed by atoms with Gasteiger partial charge in [-0.3, -0.25) is 0 Å². The van der Waals surface area contributed by atoms with Crippen LogP contribution >= 0.6 is 15.9 Å². The minimum absolute atomic E-state index is 0.324. The molecule has 0 fully saturated rings. The van der Waals surface area contributed by atoms with Gasteiger partial charge in [0.05, 0.1) is 0 Å². The van der Waals surface area contributed by atoms with Gasteiger partial charge in [-0.2, -0.15) is 0 Å². The molecular weight excluding hydrogens is 432 g/mol. The maximum atomic E-state index is 11.5. The van der Waals surface area contributed by atoms with Crippen molar-refractivity contribution in [3.63, 3.8) is 0 Å². The van der Waals surface area contributed by atoms with Crippen LogP contribution in [0.25, 0.3) is 54.2 Å². The van der Waals surface area contributed by atoms with Crippen molar-refractivity contribution in [3.8, 4) is 16.9 Å². The van der Waals surface area contributed by atoms with Crippen molar-refractivity contribution >= 4 is 59.0 Å². The van der Waals surface area contributed by atoms with E-state index < -0.39 is 0 Å². The lowest BCUT2D eigenvalue weighted by atomic mass is 9.88. The van der Waals surface area contributed by atoms with Crippen molar-refractivity contribution in [2.45, 2.75) is 0 Å². The molecule has 2 heteroatoms. The van der Waals surface area contributed by atoms with E-state index in [2.05, 4.69) is 88.7 Å². The Balaban J connectivity index is 1.92. The first kappa shape index (κ1) is 17.5. The SMILES string of the molecule is Oc1c(-c2c(Br)c3ccccc3c3ccccc23)c2ccccc2c2ccccc12. The lowest BCUT2D eigenvalue weighted by Crippen LogP contribution is -1.91. The zero-order valence-corrected chi connectivity index (χ0v) is 17.6. The summed E-state index contributed by atoms with van der Waals surface area (Å²) in [5, 5.41) is 20.3. The maximum absolute atomic E-state index is 11.5. The fraction of sp³-hybridized carbons (Fsp3) is 0. The molecule has 0 atom stereocenters. The van der Waals surface area contributed by atoms with Crippen LogP contribution in [0.1, 0.15) is 0 Å². The van der Waals surface area contributed by atoms with Crippen LogP contribution in [0.15, 0.2) is 102 Å². The van der Waals surface area contributed by atoms with Crippen molar-refractivity contribution in [3.05, 3.63) is 102 Å². The van der Waals surface area contributed by atoms with Crippen molar-refractivity contribution in [1.29, 1.82) is 0 Å². The molecule has 0 aliphatic carbocycles. The van der Waals surface area contributed by atoms with Crippen LogP contribution in [0.5, 0.6) is 5.75 Å². The largest absolute Gasteiger partial charge is 0.507 e. The summed E-state index contributed by atoms with van der Waals surface area (Å²) >= 11 is 3.91. The molecule has 6 rings (SSSR count). The van der Waals surface area contributed by atoms with Crippen molar-refractivity contribution < 1.29 is 5.11 Å². The smallest absolute Gasteiger partial charge is 0.131 e. The Hall–Kier alpha value is -3.36. The molecule has 0 radical (unpaired) electrons. The number of benzene rings is 6. The molecule has 0 saturated heterocycles. The minimum Gasteiger partial charge on any atom is -0.507 e. The Bertz CT molecular complexity index is 1490. The second-order valence-corrected chi connectivity index (χ2v) is 8.39. The van der Waals surface area contributed by atoms with Crippen LogP contribution in [-0.4, -0.2) is 5.11 Å². The van der Waals surface area contributed by atoms with Crippen LogP contribution in [0.3, 0.4) is 0 Å². The van der Waals surface area contributed by atoms with Crippen molar-refractivity contribution in [2.24, 2.45) is 0 Å². The number of halogens is 1. The molecule has 30 heavy (non-hydrogen) atoms. The van der Waals surface area contributed by atoms with Crippen LogP contribution in [-0.2, 0) is 0 Å². The monoisotopic (exact) mass is 448 g/mol. The highest BCUT2D eigenvalue weighted by atomic mass is 79.9. The summed E-state index contributed by atoms with van der Waals surface area (Å²) in [6.45, 7) is 0. The molecule has 0 spiro atoms.